The molecule has 0 saturated carbocycles. The van der Waals surface area contributed by atoms with Gasteiger partial charge in [-0.3, -0.25) is 4.90 Å². The smallest absolute Gasteiger partial charge is 0.218 e. The van der Waals surface area contributed by atoms with Gasteiger partial charge in [0.1, 0.15) is 11.6 Å². The summed E-state index contributed by atoms with van der Waals surface area (Å²) in [7, 11) is 1.62. The number of ether oxygens (including phenoxy) is 1. The molecule has 0 amide bonds. The number of hydrogen-bond acceptors (Lipinski definition) is 6. The first-order chi connectivity index (χ1) is 8.78. The fraction of sp³-hybridized carbons (Fsp3) is 0.667. The van der Waals surface area contributed by atoms with Crippen molar-refractivity contribution in [3.63, 3.8) is 0 Å². The first-order valence-electron chi connectivity index (χ1n) is 6.34. The molecular weight excluding hydrogens is 230 g/mol. The molecule has 1 saturated heterocycles. The highest BCUT2D eigenvalue weighted by molar-refractivity contribution is 5.38. The molecule has 1 aromatic heterocycles. The van der Waals surface area contributed by atoms with Crippen LogP contribution in [0.5, 0.6) is 5.88 Å². The second-order valence-corrected chi connectivity index (χ2v) is 4.36. The molecule has 0 radical (unpaired) electrons. The van der Waals surface area contributed by atoms with Crippen LogP contribution in [-0.2, 0) is 0 Å². The summed E-state index contributed by atoms with van der Waals surface area (Å²) in [6.07, 6.45) is 0. The third-order valence-electron chi connectivity index (χ3n) is 2.97. The first-order valence-corrected chi connectivity index (χ1v) is 6.34. The van der Waals surface area contributed by atoms with Gasteiger partial charge >= 0.3 is 0 Å². The quantitative estimate of drug-likeness (QED) is 0.774. The third-order valence-corrected chi connectivity index (χ3v) is 2.97. The number of anilines is 1. The molecule has 0 spiro atoms. The Balaban J connectivity index is 1.80. The Hall–Kier alpha value is -1.40. The van der Waals surface area contributed by atoms with Crippen LogP contribution in [0, 0.1) is 6.92 Å². The lowest BCUT2D eigenvalue weighted by Crippen LogP contribution is -2.45. The van der Waals surface area contributed by atoms with Crippen molar-refractivity contribution in [2.45, 2.75) is 6.92 Å². The topological polar surface area (TPSA) is 62.3 Å². The third kappa shape index (κ3) is 3.82. The molecule has 1 fully saturated rings. The predicted octanol–water partition coefficient (Wildman–Crippen LogP) is 0.111. The van der Waals surface area contributed by atoms with Gasteiger partial charge in [-0.15, -0.1) is 0 Å². The number of piperazine rings is 1. The van der Waals surface area contributed by atoms with E-state index in [0.717, 1.165) is 50.9 Å². The molecule has 1 aromatic rings. The zero-order valence-electron chi connectivity index (χ0n) is 11.1. The average molecular weight is 251 g/mol. The van der Waals surface area contributed by atoms with Gasteiger partial charge in [-0.25, -0.2) is 4.98 Å². The summed E-state index contributed by atoms with van der Waals surface area (Å²) in [6.45, 7) is 8.19. The lowest BCUT2D eigenvalue weighted by atomic mass is 10.3. The van der Waals surface area contributed by atoms with Crippen LogP contribution in [0.15, 0.2) is 6.07 Å². The van der Waals surface area contributed by atoms with Gasteiger partial charge in [0.25, 0.3) is 0 Å². The monoisotopic (exact) mass is 251 g/mol. The van der Waals surface area contributed by atoms with Crippen LogP contribution in [0.25, 0.3) is 0 Å². The fourth-order valence-electron chi connectivity index (χ4n) is 2.01. The van der Waals surface area contributed by atoms with Crippen LogP contribution in [0.2, 0.25) is 0 Å². The molecule has 0 bridgehead atoms. The summed E-state index contributed by atoms with van der Waals surface area (Å²) in [5.74, 6) is 2.15. The number of nitrogens with one attached hydrogen (secondary N) is 2. The molecule has 6 nitrogen and oxygen atoms in total. The molecule has 18 heavy (non-hydrogen) atoms. The van der Waals surface area contributed by atoms with E-state index in [2.05, 4.69) is 25.5 Å². The molecule has 1 aliphatic rings. The zero-order valence-corrected chi connectivity index (χ0v) is 11.1. The molecular formula is C12H21N5O. The highest BCUT2D eigenvalue weighted by atomic mass is 16.5. The molecule has 2 heterocycles. The lowest BCUT2D eigenvalue weighted by molar-refractivity contribution is 0.249. The Morgan fingerprint density at radius 2 is 2.17 bits per heavy atom. The molecule has 0 aliphatic carbocycles. The van der Waals surface area contributed by atoms with Crippen LogP contribution < -0.4 is 15.4 Å². The van der Waals surface area contributed by atoms with E-state index in [0.29, 0.717) is 5.88 Å². The first kappa shape index (κ1) is 13.0. The van der Waals surface area contributed by atoms with E-state index in [9.17, 15) is 0 Å². The Bertz CT molecular complexity index is 379. The Labute approximate surface area is 108 Å². The molecule has 0 unspecified atom stereocenters. The second-order valence-electron chi connectivity index (χ2n) is 4.36. The van der Waals surface area contributed by atoms with E-state index in [1.807, 2.05) is 13.0 Å². The molecule has 0 aromatic carbocycles. The minimum atomic E-state index is 0.604. The Morgan fingerprint density at radius 3 is 2.89 bits per heavy atom. The largest absolute Gasteiger partial charge is 0.481 e. The van der Waals surface area contributed by atoms with Crippen molar-refractivity contribution in [3.8, 4) is 5.88 Å². The number of rotatable bonds is 5. The lowest BCUT2D eigenvalue weighted by Gasteiger charge is -2.27. The summed E-state index contributed by atoms with van der Waals surface area (Å²) >= 11 is 0. The maximum absolute atomic E-state index is 5.12. The van der Waals surface area contributed by atoms with Crippen molar-refractivity contribution < 1.29 is 4.74 Å². The molecule has 100 valence electrons. The minimum Gasteiger partial charge on any atom is -0.481 e. The van der Waals surface area contributed by atoms with Gasteiger partial charge in [0, 0.05) is 45.3 Å². The Kier molecular flexibility index (Phi) is 4.72. The van der Waals surface area contributed by atoms with Crippen molar-refractivity contribution in [2.24, 2.45) is 0 Å². The van der Waals surface area contributed by atoms with Gasteiger partial charge in [0.05, 0.1) is 7.11 Å². The number of methoxy groups -OCH3 is 1. The maximum atomic E-state index is 5.12. The van der Waals surface area contributed by atoms with Crippen molar-refractivity contribution in [1.29, 1.82) is 0 Å². The summed E-state index contributed by atoms with van der Waals surface area (Å²) in [6, 6.07) is 1.82. The SMILES string of the molecule is COc1cc(NCCN2CCNCC2)nc(C)n1. The number of aromatic nitrogens is 2. The number of aryl methyl sites for hydroxylation is 1. The number of hydrogen-bond donors (Lipinski definition) is 2. The fourth-order valence-corrected chi connectivity index (χ4v) is 2.01. The van der Waals surface area contributed by atoms with Crippen LogP contribution in [0.1, 0.15) is 5.82 Å². The minimum absolute atomic E-state index is 0.604. The predicted molar refractivity (Wildman–Crippen MR) is 71.1 cm³/mol. The van der Waals surface area contributed by atoms with Crippen LogP contribution in [0.3, 0.4) is 0 Å². The van der Waals surface area contributed by atoms with Gasteiger partial charge in [0.2, 0.25) is 5.88 Å². The zero-order chi connectivity index (χ0) is 12.8. The van der Waals surface area contributed by atoms with E-state index < -0.39 is 0 Å². The average Bonchev–Trinajstić information content (AvgIpc) is 2.39. The second kappa shape index (κ2) is 6.51. The van der Waals surface area contributed by atoms with Crippen molar-refractivity contribution >= 4 is 5.82 Å². The standard InChI is InChI=1S/C12H21N5O/c1-10-15-11(9-12(16-10)18-2)14-5-8-17-6-3-13-4-7-17/h9,13H,3-8H2,1-2H3,(H,14,15,16). The molecule has 1 aliphatic heterocycles. The van der Waals surface area contributed by atoms with Gasteiger partial charge < -0.3 is 15.4 Å². The summed E-state index contributed by atoms with van der Waals surface area (Å²) in [5.41, 5.74) is 0. The molecule has 6 heteroatoms. The van der Waals surface area contributed by atoms with Crippen LogP contribution >= 0.6 is 0 Å². The van der Waals surface area contributed by atoms with Gasteiger partial charge in [-0.2, -0.15) is 4.98 Å². The van der Waals surface area contributed by atoms with Crippen LogP contribution in [0.4, 0.5) is 5.82 Å². The summed E-state index contributed by atoms with van der Waals surface area (Å²) in [5, 5.41) is 6.66. The van der Waals surface area contributed by atoms with E-state index >= 15 is 0 Å². The van der Waals surface area contributed by atoms with Crippen molar-refractivity contribution in [2.75, 3.05) is 51.7 Å². The van der Waals surface area contributed by atoms with Gasteiger partial charge in [-0.1, -0.05) is 0 Å². The summed E-state index contributed by atoms with van der Waals surface area (Å²) < 4.78 is 5.12. The molecule has 2 N–H and O–H groups in total. The van der Waals surface area contributed by atoms with Crippen molar-refractivity contribution in [1.82, 2.24) is 20.2 Å². The van der Waals surface area contributed by atoms with Gasteiger partial charge in [0.15, 0.2) is 0 Å². The van der Waals surface area contributed by atoms with Crippen molar-refractivity contribution in [3.05, 3.63) is 11.9 Å². The highest BCUT2D eigenvalue weighted by Crippen LogP contribution is 2.12. The maximum Gasteiger partial charge on any atom is 0.218 e. The van der Waals surface area contributed by atoms with E-state index in [1.165, 1.54) is 0 Å². The number of nitrogens with zero attached hydrogens (tertiary/aromatic N) is 3. The Morgan fingerprint density at radius 1 is 1.39 bits per heavy atom. The van der Waals surface area contributed by atoms with E-state index in [1.54, 1.807) is 7.11 Å². The molecule has 2 rings (SSSR count). The van der Waals surface area contributed by atoms with E-state index in [-0.39, 0.29) is 0 Å². The summed E-state index contributed by atoms with van der Waals surface area (Å²) in [4.78, 5) is 10.9. The highest BCUT2D eigenvalue weighted by Gasteiger charge is 2.08. The normalized spacial score (nSPS) is 16.6. The molecule has 0 atom stereocenters. The van der Waals surface area contributed by atoms with E-state index in [4.69, 9.17) is 4.74 Å². The van der Waals surface area contributed by atoms with Crippen LogP contribution in [-0.4, -0.2) is 61.2 Å². The van der Waals surface area contributed by atoms with Gasteiger partial charge in [-0.05, 0) is 6.92 Å².